The quantitative estimate of drug-likeness (QED) is 0.636. The van der Waals surface area contributed by atoms with Crippen LogP contribution in [-0.2, 0) is 0 Å². The highest BCUT2D eigenvalue weighted by molar-refractivity contribution is 5.44. The van der Waals surface area contributed by atoms with Gasteiger partial charge in [0.2, 0.25) is 0 Å². The van der Waals surface area contributed by atoms with E-state index in [-0.39, 0.29) is 6.04 Å². The Kier molecular flexibility index (Phi) is 3.89. The van der Waals surface area contributed by atoms with Crippen LogP contribution in [0.3, 0.4) is 0 Å². The molecule has 1 heterocycles. The summed E-state index contributed by atoms with van der Waals surface area (Å²) < 4.78 is 11.0. The summed E-state index contributed by atoms with van der Waals surface area (Å²) in [5.41, 5.74) is 1.19. The molecule has 3 heteroatoms. The minimum Gasteiger partial charge on any atom is -0.486 e. The van der Waals surface area contributed by atoms with Gasteiger partial charge >= 0.3 is 0 Å². The summed E-state index contributed by atoms with van der Waals surface area (Å²) in [6.45, 7) is 4.19. The van der Waals surface area contributed by atoms with Crippen LogP contribution in [0.1, 0.15) is 24.9 Å². The first-order valence-corrected chi connectivity index (χ1v) is 5.87. The van der Waals surface area contributed by atoms with Gasteiger partial charge < -0.3 is 14.8 Å². The predicted molar refractivity (Wildman–Crippen MR) is 67.3 cm³/mol. The topological polar surface area (TPSA) is 30.5 Å². The highest BCUT2D eigenvalue weighted by Gasteiger charge is 2.13. The SMILES string of the molecule is C#CCCNC(C)c1ccc2c(c1)OCCO2. The Morgan fingerprint density at radius 3 is 2.88 bits per heavy atom. The van der Waals surface area contributed by atoms with Crippen LogP contribution in [0.2, 0.25) is 0 Å². The molecule has 0 amide bonds. The van der Waals surface area contributed by atoms with Gasteiger partial charge in [0.05, 0.1) is 0 Å². The molecule has 0 saturated heterocycles. The van der Waals surface area contributed by atoms with Crippen LogP contribution in [0.5, 0.6) is 11.5 Å². The first kappa shape index (κ1) is 11.8. The fraction of sp³-hybridized carbons (Fsp3) is 0.429. The zero-order chi connectivity index (χ0) is 12.1. The molecule has 1 aromatic rings. The second-order valence-electron chi connectivity index (χ2n) is 4.03. The van der Waals surface area contributed by atoms with Crippen LogP contribution in [0.4, 0.5) is 0 Å². The molecule has 1 N–H and O–H groups in total. The summed E-state index contributed by atoms with van der Waals surface area (Å²) in [5, 5.41) is 3.37. The third-order valence-corrected chi connectivity index (χ3v) is 2.79. The molecule has 90 valence electrons. The van der Waals surface area contributed by atoms with Crippen molar-refractivity contribution in [1.82, 2.24) is 5.32 Å². The minimum atomic E-state index is 0.263. The van der Waals surface area contributed by atoms with Crippen LogP contribution in [0, 0.1) is 12.3 Å². The van der Waals surface area contributed by atoms with Gasteiger partial charge in [-0.3, -0.25) is 0 Å². The minimum absolute atomic E-state index is 0.263. The molecule has 1 aromatic carbocycles. The maximum absolute atomic E-state index is 5.55. The zero-order valence-electron chi connectivity index (χ0n) is 10.0. The third kappa shape index (κ3) is 2.92. The maximum atomic E-state index is 5.55. The Morgan fingerprint density at radius 1 is 1.35 bits per heavy atom. The summed E-state index contributed by atoms with van der Waals surface area (Å²) in [5.74, 6) is 4.28. The molecule has 0 aromatic heterocycles. The smallest absolute Gasteiger partial charge is 0.161 e. The van der Waals surface area contributed by atoms with E-state index in [0.29, 0.717) is 13.2 Å². The molecular weight excluding hydrogens is 214 g/mol. The Hall–Kier alpha value is -1.66. The van der Waals surface area contributed by atoms with E-state index < -0.39 is 0 Å². The van der Waals surface area contributed by atoms with E-state index in [0.717, 1.165) is 24.5 Å². The van der Waals surface area contributed by atoms with Crippen LogP contribution in [-0.4, -0.2) is 19.8 Å². The second-order valence-corrected chi connectivity index (χ2v) is 4.03. The maximum Gasteiger partial charge on any atom is 0.161 e. The molecule has 0 spiro atoms. The predicted octanol–water partition coefficient (Wildman–Crippen LogP) is 2.13. The molecule has 1 aliphatic rings. The molecule has 1 atom stereocenters. The molecule has 17 heavy (non-hydrogen) atoms. The lowest BCUT2D eigenvalue weighted by atomic mass is 10.1. The number of hydrogen-bond acceptors (Lipinski definition) is 3. The van der Waals surface area contributed by atoms with Crippen molar-refractivity contribution in [1.29, 1.82) is 0 Å². The number of hydrogen-bond donors (Lipinski definition) is 1. The molecule has 0 bridgehead atoms. The Balaban J connectivity index is 2.03. The summed E-state index contributed by atoms with van der Waals surface area (Å²) in [6, 6.07) is 6.31. The number of benzene rings is 1. The average molecular weight is 231 g/mol. The monoisotopic (exact) mass is 231 g/mol. The van der Waals surface area contributed by atoms with E-state index in [1.54, 1.807) is 0 Å². The van der Waals surface area contributed by atoms with E-state index in [9.17, 15) is 0 Å². The molecule has 0 saturated carbocycles. The van der Waals surface area contributed by atoms with E-state index in [4.69, 9.17) is 15.9 Å². The Morgan fingerprint density at radius 2 is 2.12 bits per heavy atom. The third-order valence-electron chi connectivity index (χ3n) is 2.79. The first-order valence-electron chi connectivity index (χ1n) is 5.87. The summed E-state index contributed by atoms with van der Waals surface area (Å²) >= 11 is 0. The number of ether oxygens (including phenoxy) is 2. The lowest BCUT2D eigenvalue weighted by Crippen LogP contribution is -2.20. The van der Waals surface area contributed by atoms with E-state index in [1.807, 2.05) is 12.1 Å². The number of fused-ring (bicyclic) bond motifs is 1. The van der Waals surface area contributed by atoms with Crippen molar-refractivity contribution in [2.75, 3.05) is 19.8 Å². The fourth-order valence-electron chi connectivity index (χ4n) is 1.81. The Bertz CT molecular complexity index is 423. The van der Waals surface area contributed by atoms with Crippen molar-refractivity contribution in [3.63, 3.8) is 0 Å². The number of rotatable bonds is 4. The van der Waals surface area contributed by atoms with Crippen molar-refractivity contribution in [2.24, 2.45) is 0 Å². The van der Waals surface area contributed by atoms with Gasteiger partial charge in [-0.05, 0) is 24.6 Å². The fourth-order valence-corrected chi connectivity index (χ4v) is 1.81. The van der Waals surface area contributed by atoms with Crippen LogP contribution >= 0.6 is 0 Å². The molecule has 0 radical (unpaired) electrons. The Labute approximate surface area is 102 Å². The summed E-state index contributed by atoms with van der Waals surface area (Å²) in [6.07, 6.45) is 5.96. The van der Waals surface area contributed by atoms with E-state index in [1.165, 1.54) is 5.56 Å². The standard InChI is InChI=1S/C14H17NO2/c1-3-4-7-15-11(2)12-5-6-13-14(10-12)17-9-8-16-13/h1,5-6,10-11,15H,4,7-9H2,2H3. The second kappa shape index (κ2) is 5.60. The summed E-state index contributed by atoms with van der Waals surface area (Å²) in [4.78, 5) is 0. The van der Waals surface area contributed by atoms with Gasteiger partial charge in [-0.25, -0.2) is 0 Å². The number of terminal acetylenes is 1. The average Bonchev–Trinajstić information content (AvgIpc) is 2.38. The molecule has 3 nitrogen and oxygen atoms in total. The van der Waals surface area contributed by atoms with Gasteiger partial charge in [-0.2, -0.15) is 0 Å². The molecule has 0 aliphatic carbocycles. The molecule has 1 aliphatic heterocycles. The zero-order valence-corrected chi connectivity index (χ0v) is 10.0. The van der Waals surface area contributed by atoms with E-state index in [2.05, 4.69) is 24.2 Å². The van der Waals surface area contributed by atoms with Crippen molar-refractivity contribution in [3.05, 3.63) is 23.8 Å². The molecule has 2 rings (SSSR count). The van der Waals surface area contributed by atoms with Gasteiger partial charge in [-0.15, -0.1) is 12.3 Å². The highest BCUT2D eigenvalue weighted by Crippen LogP contribution is 2.32. The van der Waals surface area contributed by atoms with Crippen LogP contribution in [0.25, 0.3) is 0 Å². The van der Waals surface area contributed by atoms with Gasteiger partial charge in [-0.1, -0.05) is 6.07 Å². The van der Waals surface area contributed by atoms with Crippen LogP contribution in [0.15, 0.2) is 18.2 Å². The highest BCUT2D eigenvalue weighted by atomic mass is 16.6. The van der Waals surface area contributed by atoms with Gasteiger partial charge in [0, 0.05) is 19.0 Å². The van der Waals surface area contributed by atoms with Gasteiger partial charge in [0.25, 0.3) is 0 Å². The van der Waals surface area contributed by atoms with Crippen LogP contribution < -0.4 is 14.8 Å². The van der Waals surface area contributed by atoms with Crippen molar-refractivity contribution in [3.8, 4) is 23.8 Å². The van der Waals surface area contributed by atoms with E-state index >= 15 is 0 Å². The van der Waals surface area contributed by atoms with Crippen molar-refractivity contribution in [2.45, 2.75) is 19.4 Å². The lowest BCUT2D eigenvalue weighted by molar-refractivity contribution is 0.171. The number of nitrogens with one attached hydrogen (secondary N) is 1. The molecule has 1 unspecified atom stereocenters. The molecule has 0 fully saturated rings. The first-order chi connectivity index (χ1) is 8.31. The van der Waals surface area contributed by atoms with Crippen molar-refractivity contribution >= 4 is 0 Å². The van der Waals surface area contributed by atoms with Gasteiger partial charge in [0.15, 0.2) is 11.5 Å². The largest absolute Gasteiger partial charge is 0.486 e. The molecular formula is C14H17NO2. The van der Waals surface area contributed by atoms with Crippen molar-refractivity contribution < 1.29 is 9.47 Å². The van der Waals surface area contributed by atoms with Gasteiger partial charge in [0.1, 0.15) is 13.2 Å². The lowest BCUT2D eigenvalue weighted by Gasteiger charge is -2.21. The normalized spacial score (nSPS) is 15.1. The summed E-state index contributed by atoms with van der Waals surface area (Å²) in [7, 11) is 0.